The van der Waals surface area contributed by atoms with Crippen molar-refractivity contribution in [3.05, 3.63) is 38.9 Å². The number of aromatic nitrogens is 4. The highest BCUT2D eigenvalue weighted by Crippen LogP contribution is 2.38. The van der Waals surface area contributed by atoms with Gasteiger partial charge in [-0.1, -0.05) is 17.7 Å². The summed E-state index contributed by atoms with van der Waals surface area (Å²) in [5.74, 6) is 0. The maximum Gasteiger partial charge on any atom is 0.433 e. The van der Waals surface area contributed by atoms with Crippen molar-refractivity contribution in [2.24, 2.45) is 0 Å². The van der Waals surface area contributed by atoms with Crippen molar-refractivity contribution in [1.82, 2.24) is 20.2 Å². The van der Waals surface area contributed by atoms with E-state index in [1.807, 2.05) is 22.6 Å². The molecular formula is C12H5ClF3IN4. The standard InChI is InChI=1S/C12H5ClF3IN4/c13-7-4-6(8-9(19-7)11(17)21-20-8)5-2-1-3-18-10(5)12(14,15)16/h1-4H,(H,20,21). The van der Waals surface area contributed by atoms with Gasteiger partial charge in [0.05, 0.1) is 0 Å². The maximum absolute atomic E-state index is 13.1. The monoisotopic (exact) mass is 424 g/mol. The highest BCUT2D eigenvalue weighted by Gasteiger charge is 2.36. The highest BCUT2D eigenvalue weighted by molar-refractivity contribution is 14.1. The van der Waals surface area contributed by atoms with Gasteiger partial charge in [0.25, 0.3) is 0 Å². The molecule has 9 heteroatoms. The van der Waals surface area contributed by atoms with Crippen LogP contribution in [0.5, 0.6) is 0 Å². The number of hydrogen-bond acceptors (Lipinski definition) is 3. The number of halogens is 5. The Balaban J connectivity index is 2.36. The summed E-state index contributed by atoms with van der Waals surface area (Å²) in [4.78, 5) is 7.52. The van der Waals surface area contributed by atoms with E-state index in [1.54, 1.807) is 0 Å². The predicted octanol–water partition coefficient (Wildman–Crippen LogP) is 4.30. The first-order valence-corrected chi connectivity index (χ1v) is 7.06. The van der Waals surface area contributed by atoms with Crippen molar-refractivity contribution in [2.45, 2.75) is 6.18 Å². The molecule has 21 heavy (non-hydrogen) atoms. The summed E-state index contributed by atoms with van der Waals surface area (Å²) in [6, 6.07) is 4.12. The summed E-state index contributed by atoms with van der Waals surface area (Å²) in [5.41, 5.74) is -0.0734. The Bertz CT molecular complexity index is 831. The van der Waals surface area contributed by atoms with Crippen molar-refractivity contribution in [1.29, 1.82) is 0 Å². The second-order valence-corrected chi connectivity index (χ2v) is 5.59. The van der Waals surface area contributed by atoms with Gasteiger partial charge in [-0.3, -0.25) is 10.1 Å². The maximum atomic E-state index is 13.1. The molecule has 0 aliphatic rings. The largest absolute Gasteiger partial charge is 0.433 e. The number of hydrogen-bond donors (Lipinski definition) is 1. The van der Waals surface area contributed by atoms with E-state index < -0.39 is 11.9 Å². The quantitative estimate of drug-likeness (QED) is 0.468. The molecule has 0 saturated carbocycles. The summed E-state index contributed by atoms with van der Waals surface area (Å²) >= 11 is 7.87. The third kappa shape index (κ3) is 2.57. The fourth-order valence-corrected chi connectivity index (χ4v) is 2.68. The van der Waals surface area contributed by atoms with Gasteiger partial charge in [-0.05, 0) is 34.7 Å². The molecule has 0 saturated heterocycles. The fourth-order valence-electron chi connectivity index (χ4n) is 1.99. The smallest absolute Gasteiger partial charge is 0.269 e. The molecule has 0 aliphatic heterocycles. The van der Waals surface area contributed by atoms with E-state index in [1.165, 1.54) is 18.2 Å². The first-order chi connectivity index (χ1) is 9.88. The molecule has 0 aliphatic carbocycles. The van der Waals surface area contributed by atoms with Gasteiger partial charge in [-0.25, -0.2) is 4.98 Å². The number of nitrogens with zero attached hydrogens (tertiary/aromatic N) is 3. The van der Waals surface area contributed by atoms with Crippen LogP contribution in [0.15, 0.2) is 24.4 Å². The van der Waals surface area contributed by atoms with E-state index in [4.69, 9.17) is 11.6 Å². The zero-order valence-corrected chi connectivity index (χ0v) is 13.0. The zero-order chi connectivity index (χ0) is 15.2. The number of pyridine rings is 2. The number of H-pyrrole nitrogens is 1. The van der Waals surface area contributed by atoms with Crippen LogP contribution in [-0.2, 0) is 6.18 Å². The topological polar surface area (TPSA) is 54.5 Å². The molecule has 0 spiro atoms. The Morgan fingerprint density at radius 1 is 1.19 bits per heavy atom. The Hall–Kier alpha value is -1.42. The lowest BCUT2D eigenvalue weighted by Gasteiger charge is -2.11. The highest BCUT2D eigenvalue weighted by atomic mass is 127. The van der Waals surface area contributed by atoms with E-state index in [9.17, 15) is 13.2 Å². The first kappa shape index (κ1) is 14.5. The summed E-state index contributed by atoms with van der Waals surface area (Å²) in [5, 5.41) is 6.79. The van der Waals surface area contributed by atoms with E-state index in [0.29, 0.717) is 14.7 Å². The Kier molecular flexibility index (Phi) is 3.52. The second-order valence-electron chi connectivity index (χ2n) is 4.12. The number of fused-ring (bicyclic) bond motifs is 1. The fraction of sp³-hybridized carbons (Fsp3) is 0.0833. The number of aromatic amines is 1. The van der Waals surface area contributed by atoms with Crippen LogP contribution in [0.25, 0.3) is 22.2 Å². The molecule has 0 fully saturated rings. The van der Waals surface area contributed by atoms with Gasteiger partial charge in [-0.2, -0.15) is 18.3 Å². The molecule has 1 N–H and O–H groups in total. The van der Waals surface area contributed by atoms with Crippen molar-refractivity contribution < 1.29 is 13.2 Å². The number of rotatable bonds is 1. The van der Waals surface area contributed by atoms with Crippen molar-refractivity contribution in [3.63, 3.8) is 0 Å². The van der Waals surface area contributed by atoms with Crippen LogP contribution < -0.4 is 0 Å². The SMILES string of the molecule is FC(F)(F)c1ncccc1-c1cc(Cl)nc2c(I)[nH]nc12. The van der Waals surface area contributed by atoms with E-state index in [2.05, 4.69) is 20.2 Å². The van der Waals surface area contributed by atoms with Gasteiger partial charge in [0.1, 0.15) is 19.9 Å². The lowest BCUT2D eigenvalue weighted by atomic mass is 10.0. The lowest BCUT2D eigenvalue weighted by Crippen LogP contribution is -2.10. The summed E-state index contributed by atoms with van der Waals surface area (Å²) in [6.45, 7) is 0. The number of alkyl halides is 3. The predicted molar refractivity (Wildman–Crippen MR) is 79.8 cm³/mol. The minimum absolute atomic E-state index is 0.0813. The molecule has 3 aromatic rings. The molecular weight excluding hydrogens is 420 g/mol. The zero-order valence-electron chi connectivity index (χ0n) is 10.0. The molecule has 0 unspecified atom stereocenters. The molecule has 3 heterocycles. The number of nitrogens with one attached hydrogen (secondary N) is 1. The summed E-state index contributed by atoms with van der Waals surface area (Å²) < 4.78 is 39.9. The van der Waals surface area contributed by atoms with Crippen LogP contribution in [0.4, 0.5) is 13.2 Å². The van der Waals surface area contributed by atoms with Crippen molar-refractivity contribution in [3.8, 4) is 11.1 Å². The summed E-state index contributed by atoms with van der Waals surface area (Å²) in [6.07, 6.45) is -3.47. The second kappa shape index (κ2) is 5.09. The third-order valence-corrected chi connectivity index (χ3v) is 3.75. The van der Waals surface area contributed by atoms with Crippen LogP contribution in [0.1, 0.15) is 5.69 Å². The van der Waals surface area contributed by atoms with Crippen LogP contribution in [0, 0.1) is 3.70 Å². The molecule has 0 aromatic carbocycles. The summed E-state index contributed by atoms with van der Waals surface area (Å²) in [7, 11) is 0. The van der Waals surface area contributed by atoms with E-state index >= 15 is 0 Å². The van der Waals surface area contributed by atoms with Gasteiger partial charge in [0, 0.05) is 17.3 Å². The first-order valence-electron chi connectivity index (χ1n) is 5.60. The van der Waals surface area contributed by atoms with Gasteiger partial charge in [-0.15, -0.1) is 0 Å². The molecule has 108 valence electrons. The van der Waals surface area contributed by atoms with Gasteiger partial charge >= 0.3 is 6.18 Å². The average molecular weight is 425 g/mol. The molecule has 4 nitrogen and oxygen atoms in total. The van der Waals surface area contributed by atoms with Crippen LogP contribution >= 0.6 is 34.2 Å². The Morgan fingerprint density at radius 3 is 2.67 bits per heavy atom. The van der Waals surface area contributed by atoms with E-state index in [0.717, 1.165) is 6.20 Å². The minimum atomic E-state index is -4.57. The Labute approximate surface area is 134 Å². The van der Waals surface area contributed by atoms with Crippen LogP contribution in [0.3, 0.4) is 0 Å². The molecule has 3 aromatic heterocycles. The molecule has 0 atom stereocenters. The van der Waals surface area contributed by atoms with Crippen LogP contribution in [0.2, 0.25) is 5.15 Å². The minimum Gasteiger partial charge on any atom is -0.269 e. The molecule has 0 radical (unpaired) electrons. The normalized spacial score (nSPS) is 12.0. The molecule has 0 amide bonds. The molecule has 0 bridgehead atoms. The van der Waals surface area contributed by atoms with Gasteiger partial charge in [0.2, 0.25) is 0 Å². The van der Waals surface area contributed by atoms with Crippen LogP contribution in [-0.4, -0.2) is 20.2 Å². The Morgan fingerprint density at radius 2 is 1.95 bits per heavy atom. The third-order valence-electron chi connectivity index (χ3n) is 2.80. The van der Waals surface area contributed by atoms with Crippen molar-refractivity contribution >= 4 is 45.2 Å². The average Bonchev–Trinajstić information content (AvgIpc) is 2.79. The van der Waals surface area contributed by atoms with Crippen molar-refractivity contribution in [2.75, 3.05) is 0 Å². The lowest BCUT2D eigenvalue weighted by molar-refractivity contribution is -0.140. The van der Waals surface area contributed by atoms with E-state index in [-0.39, 0.29) is 16.3 Å². The van der Waals surface area contributed by atoms with Gasteiger partial charge in [0.15, 0.2) is 5.69 Å². The van der Waals surface area contributed by atoms with Gasteiger partial charge < -0.3 is 0 Å². The molecule has 3 rings (SSSR count).